The van der Waals surface area contributed by atoms with Gasteiger partial charge in [-0.2, -0.15) is 0 Å². The van der Waals surface area contributed by atoms with E-state index >= 15 is 0 Å². The number of aliphatic carboxylic acids is 1. The van der Waals surface area contributed by atoms with E-state index in [1.165, 1.54) is 16.8 Å². The fraction of sp³-hybridized carbons (Fsp3) is 0.391. The number of carbonyl (C=O) groups excluding carboxylic acids is 1. The molecular formula is C23H27N3O5. The van der Waals surface area contributed by atoms with Gasteiger partial charge in [0.15, 0.2) is 0 Å². The highest BCUT2D eigenvalue weighted by Gasteiger charge is 2.47. The number of nitrogens with zero attached hydrogens (tertiary/aromatic N) is 3. The van der Waals surface area contributed by atoms with Crippen LogP contribution in [-0.2, 0) is 21.6 Å². The molecule has 1 atom stereocenters. The zero-order valence-corrected chi connectivity index (χ0v) is 17.8. The quantitative estimate of drug-likeness (QED) is 0.648. The van der Waals surface area contributed by atoms with Crippen molar-refractivity contribution in [2.24, 2.45) is 0 Å². The van der Waals surface area contributed by atoms with Crippen LogP contribution in [0.3, 0.4) is 0 Å². The zero-order valence-electron chi connectivity index (χ0n) is 17.8. The molecule has 1 aromatic heterocycles. The van der Waals surface area contributed by atoms with Gasteiger partial charge in [-0.15, -0.1) is 6.58 Å². The molecule has 1 N–H and O–H groups in total. The highest BCUT2D eigenvalue weighted by atomic mass is 16.6. The Morgan fingerprint density at radius 1 is 1.32 bits per heavy atom. The molecule has 8 nitrogen and oxygen atoms in total. The van der Waals surface area contributed by atoms with Crippen molar-refractivity contribution in [2.75, 3.05) is 11.4 Å². The van der Waals surface area contributed by atoms with E-state index in [1.807, 2.05) is 44.2 Å². The van der Waals surface area contributed by atoms with Gasteiger partial charge < -0.3 is 9.84 Å². The lowest BCUT2D eigenvalue weighted by Gasteiger charge is -2.25. The Labute approximate surface area is 180 Å². The summed E-state index contributed by atoms with van der Waals surface area (Å²) in [4.78, 5) is 43.7. The first-order valence-corrected chi connectivity index (χ1v) is 10.3. The van der Waals surface area contributed by atoms with Gasteiger partial charge in [-0.25, -0.2) is 14.6 Å². The minimum Gasteiger partial charge on any atom is -0.480 e. The Morgan fingerprint density at radius 3 is 2.58 bits per heavy atom. The van der Waals surface area contributed by atoms with Crippen molar-refractivity contribution in [3.05, 3.63) is 70.9 Å². The van der Waals surface area contributed by atoms with Crippen molar-refractivity contribution in [1.82, 2.24) is 9.55 Å². The summed E-state index contributed by atoms with van der Waals surface area (Å²) in [5, 5.41) is 9.75. The molecule has 0 aliphatic carbocycles. The second-order valence-corrected chi connectivity index (χ2v) is 7.63. The number of aromatic nitrogens is 2. The number of carbonyl (C=O) groups is 2. The van der Waals surface area contributed by atoms with Crippen molar-refractivity contribution >= 4 is 17.7 Å². The summed E-state index contributed by atoms with van der Waals surface area (Å²) in [5.41, 5.74) is -0.284. The normalized spacial score (nSPS) is 16.4. The van der Waals surface area contributed by atoms with Gasteiger partial charge in [0.2, 0.25) is 0 Å². The molecule has 3 rings (SSSR count). The third kappa shape index (κ3) is 4.10. The fourth-order valence-electron chi connectivity index (χ4n) is 4.13. The predicted molar refractivity (Wildman–Crippen MR) is 116 cm³/mol. The number of fused-ring (bicyclic) bond motifs is 1. The predicted octanol–water partition coefficient (Wildman–Crippen LogP) is 3.66. The molecule has 0 bridgehead atoms. The summed E-state index contributed by atoms with van der Waals surface area (Å²) < 4.78 is 6.60. The minimum absolute atomic E-state index is 0.0221. The maximum Gasteiger partial charge on any atom is 0.415 e. The maximum absolute atomic E-state index is 13.4. The van der Waals surface area contributed by atoms with Crippen molar-refractivity contribution in [3.8, 4) is 0 Å². The maximum atomic E-state index is 13.4. The van der Waals surface area contributed by atoms with E-state index in [2.05, 4.69) is 11.6 Å². The van der Waals surface area contributed by atoms with E-state index in [-0.39, 0.29) is 18.8 Å². The number of hydrogen-bond acceptors (Lipinski definition) is 5. The Bertz CT molecular complexity index is 1030. The second-order valence-electron chi connectivity index (χ2n) is 7.63. The van der Waals surface area contributed by atoms with Crippen LogP contribution in [0.15, 0.2) is 54.0 Å². The standard InChI is InChI=1S/C23H27N3O5/c1-4-12-25(22(30)31-15-16-10-8-7-9-11-16)18-14-24-21-23(5-2,6-3)13-17(20(28)29)26(21)19(18)27/h4,7-11,14,17H,1,5-6,12-13,15H2,2-3H3,(H,28,29). The van der Waals surface area contributed by atoms with Gasteiger partial charge in [-0.05, 0) is 24.8 Å². The van der Waals surface area contributed by atoms with Crippen molar-refractivity contribution < 1.29 is 19.4 Å². The van der Waals surface area contributed by atoms with Crippen LogP contribution < -0.4 is 10.5 Å². The monoisotopic (exact) mass is 425 g/mol. The first-order chi connectivity index (χ1) is 14.9. The molecule has 1 aliphatic heterocycles. The zero-order chi connectivity index (χ0) is 22.6. The molecule has 1 amide bonds. The molecule has 0 saturated carbocycles. The fourth-order valence-corrected chi connectivity index (χ4v) is 4.13. The molecule has 1 aromatic carbocycles. The number of carboxylic acid groups (broad SMARTS) is 1. The lowest BCUT2D eigenvalue weighted by molar-refractivity contribution is -0.141. The van der Waals surface area contributed by atoms with Crippen LogP contribution in [0.1, 0.15) is 50.5 Å². The van der Waals surface area contributed by atoms with Crippen LogP contribution in [0.2, 0.25) is 0 Å². The average molecular weight is 425 g/mol. The highest BCUT2D eigenvalue weighted by molar-refractivity contribution is 5.87. The first-order valence-electron chi connectivity index (χ1n) is 10.3. The van der Waals surface area contributed by atoms with Gasteiger partial charge in [0.25, 0.3) is 5.56 Å². The van der Waals surface area contributed by atoms with E-state index < -0.39 is 29.1 Å². The third-order valence-corrected chi connectivity index (χ3v) is 6.01. The smallest absolute Gasteiger partial charge is 0.415 e. The summed E-state index contributed by atoms with van der Waals surface area (Å²) in [7, 11) is 0. The minimum atomic E-state index is -1.09. The van der Waals surface area contributed by atoms with Crippen LogP contribution >= 0.6 is 0 Å². The highest BCUT2D eigenvalue weighted by Crippen LogP contribution is 2.44. The van der Waals surface area contributed by atoms with Crippen LogP contribution in [0.4, 0.5) is 10.5 Å². The average Bonchev–Trinajstić information content (AvgIpc) is 3.13. The number of hydrogen-bond donors (Lipinski definition) is 1. The number of rotatable bonds is 8. The Kier molecular flexibility index (Phi) is 6.58. The van der Waals surface area contributed by atoms with Gasteiger partial charge in [0.1, 0.15) is 24.2 Å². The molecule has 2 aromatic rings. The summed E-state index contributed by atoms with van der Waals surface area (Å²) in [6.45, 7) is 7.64. The first kappa shape index (κ1) is 22.3. The number of benzene rings is 1. The van der Waals surface area contributed by atoms with Crippen molar-refractivity contribution in [1.29, 1.82) is 0 Å². The molecule has 1 aliphatic rings. The van der Waals surface area contributed by atoms with E-state index in [4.69, 9.17) is 4.74 Å². The lowest BCUT2D eigenvalue weighted by atomic mass is 9.79. The molecule has 0 fully saturated rings. The molecule has 164 valence electrons. The molecule has 0 saturated heterocycles. The number of amides is 1. The number of anilines is 1. The Hall–Kier alpha value is -3.42. The van der Waals surface area contributed by atoms with Crippen LogP contribution in [-0.4, -0.2) is 33.3 Å². The van der Waals surface area contributed by atoms with Crippen molar-refractivity contribution in [2.45, 2.75) is 51.2 Å². The Morgan fingerprint density at radius 2 is 2.00 bits per heavy atom. The van der Waals surface area contributed by atoms with Gasteiger partial charge in [0.05, 0.1) is 6.20 Å². The molecule has 8 heteroatoms. The lowest BCUT2D eigenvalue weighted by Crippen LogP contribution is -2.39. The SMILES string of the molecule is C=CCN(C(=O)OCc1ccccc1)c1cnc2n(c1=O)C(C(=O)O)CC2(CC)CC. The topological polar surface area (TPSA) is 102 Å². The number of carboxylic acids is 1. The molecular weight excluding hydrogens is 398 g/mol. The van der Waals surface area contributed by atoms with E-state index in [9.17, 15) is 19.5 Å². The van der Waals surface area contributed by atoms with Crippen LogP contribution in [0.25, 0.3) is 0 Å². The van der Waals surface area contributed by atoms with Crippen molar-refractivity contribution in [3.63, 3.8) is 0 Å². The summed E-state index contributed by atoms with van der Waals surface area (Å²) in [6, 6.07) is 8.15. The molecule has 1 unspecified atom stereocenters. The van der Waals surface area contributed by atoms with E-state index in [0.717, 1.165) is 10.5 Å². The molecule has 2 heterocycles. The van der Waals surface area contributed by atoms with Gasteiger partial charge in [-0.1, -0.05) is 50.3 Å². The number of ether oxygens (including phenoxy) is 1. The third-order valence-electron chi connectivity index (χ3n) is 6.01. The summed E-state index contributed by atoms with van der Waals surface area (Å²) in [5.74, 6) is -0.636. The van der Waals surface area contributed by atoms with Gasteiger partial charge >= 0.3 is 12.1 Å². The molecule has 0 radical (unpaired) electrons. The molecule has 31 heavy (non-hydrogen) atoms. The summed E-state index contributed by atoms with van der Waals surface area (Å²) in [6.07, 6.45) is 3.69. The van der Waals surface area contributed by atoms with E-state index in [0.29, 0.717) is 25.1 Å². The van der Waals surface area contributed by atoms with Gasteiger partial charge in [0, 0.05) is 12.0 Å². The van der Waals surface area contributed by atoms with Crippen LogP contribution in [0, 0.1) is 0 Å². The van der Waals surface area contributed by atoms with E-state index in [1.54, 1.807) is 0 Å². The largest absolute Gasteiger partial charge is 0.480 e. The molecule has 0 spiro atoms. The van der Waals surface area contributed by atoms with Gasteiger partial charge in [-0.3, -0.25) is 14.3 Å². The van der Waals surface area contributed by atoms with Crippen LogP contribution in [0.5, 0.6) is 0 Å². The Balaban J connectivity index is 1.99. The summed E-state index contributed by atoms with van der Waals surface area (Å²) >= 11 is 0. The second kappa shape index (κ2) is 9.16.